The van der Waals surface area contributed by atoms with Crippen molar-refractivity contribution >= 4 is 5.91 Å². The lowest BCUT2D eigenvalue weighted by Crippen LogP contribution is -2.32. The first kappa shape index (κ1) is 12.5. The van der Waals surface area contributed by atoms with E-state index in [0.717, 1.165) is 25.9 Å². The fourth-order valence-corrected chi connectivity index (χ4v) is 1.85. The molecule has 0 spiro atoms. The van der Waals surface area contributed by atoms with E-state index < -0.39 is 6.10 Å². The van der Waals surface area contributed by atoms with Gasteiger partial charge in [-0.25, -0.2) is 0 Å². The second kappa shape index (κ2) is 6.08. The highest BCUT2D eigenvalue weighted by atomic mass is 16.5. The third-order valence-electron chi connectivity index (χ3n) is 2.72. The van der Waals surface area contributed by atoms with E-state index in [1.807, 2.05) is 6.92 Å². The molecule has 1 amide bonds. The normalized spacial score (nSPS) is 30.7. The lowest BCUT2D eigenvalue weighted by Gasteiger charge is -2.12. The zero-order valence-corrected chi connectivity index (χ0v) is 9.57. The molecule has 0 radical (unpaired) electrons. The summed E-state index contributed by atoms with van der Waals surface area (Å²) in [5, 5.41) is 0. The van der Waals surface area contributed by atoms with Crippen LogP contribution in [0, 0.1) is 5.92 Å². The van der Waals surface area contributed by atoms with Gasteiger partial charge in [0.2, 0.25) is 5.91 Å². The van der Waals surface area contributed by atoms with E-state index in [1.54, 1.807) is 0 Å². The third kappa shape index (κ3) is 3.80. The molecule has 0 saturated carbocycles. The standard InChI is InChI=1S/C11H21NO3/c1-3-4-5-14-7-9-6-8(2)10(15-9)11(12)13/h8-10H,3-7H2,1-2H3,(H2,12,13)/t8-,9-,10+/m0/s1. The Hall–Kier alpha value is -0.610. The number of ether oxygens (including phenoxy) is 2. The number of hydrogen-bond acceptors (Lipinski definition) is 3. The van der Waals surface area contributed by atoms with E-state index in [-0.39, 0.29) is 17.9 Å². The van der Waals surface area contributed by atoms with Gasteiger partial charge in [-0.05, 0) is 18.8 Å². The van der Waals surface area contributed by atoms with Gasteiger partial charge in [-0.3, -0.25) is 4.79 Å². The Balaban J connectivity index is 2.20. The van der Waals surface area contributed by atoms with Gasteiger partial charge in [-0.2, -0.15) is 0 Å². The summed E-state index contributed by atoms with van der Waals surface area (Å²) in [5.74, 6) is -0.152. The molecule has 0 aromatic carbocycles. The van der Waals surface area contributed by atoms with Crippen LogP contribution >= 0.6 is 0 Å². The quantitative estimate of drug-likeness (QED) is 0.674. The zero-order valence-electron chi connectivity index (χ0n) is 9.57. The summed E-state index contributed by atoms with van der Waals surface area (Å²) in [6, 6.07) is 0. The molecular formula is C11H21NO3. The van der Waals surface area contributed by atoms with E-state index in [1.165, 1.54) is 0 Å². The largest absolute Gasteiger partial charge is 0.379 e. The number of nitrogens with two attached hydrogens (primary N) is 1. The first-order valence-electron chi connectivity index (χ1n) is 5.67. The molecule has 88 valence electrons. The van der Waals surface area contributed by atoms with Crippen LogP contribution in [0.25, 0.3) is 0 Å². The highest BCUT2D eigenvalue weighted by molar-refractivity contribution is 5.79. The number of hydrogen-bond donors (Lipinski definition) is 1. The van der Waals surface area contributed by atoms with Gasteiger partial charge in [0.25, 0.3) is 0 Å². The number of amides is 1. The van der Waals surface area contributed by atoms with Crippen LogP contribution in [0.5, 0.6) is 0 Å². The number of rotatable bonds is 6. The lowest BCUT2D eigenvalue weighted by atomic mass is 10.0. The zero-order chi connectivity index (χ0) is 11.3. The van der Waals surface area contributed by atoms with Crippen LogP contribution in [0.4, 0.5) is 0 Å². The van der Waals surface area contributed by atoms with Gasteiger partial charge in [0.05, 0.1) is 12.7 Å². The molecule has 2 N–H and O–H groups in total. The fraction of sp³-hybridized carbons (Fsp3) is 0.909. The van der Waals surface area contributed by atoms with Gasteiger partial charge < -0.3 is 15.2 Å². The summed E-state index contributed by atoms with van der Waals surface area (Å²) in [6.45, 7) is 5.46. The van der Waals surface area contributed by atoms with Crippen molar-refractivity contribution in [3.05, 3.63) is 0 Å². The van der Waals surface area contributed by atoms with Crippen molar-refractivity contribution in [3.63, 3.8) is 0 Å². The molecule has 1 fully saturated rings. The van der Waals surface area contributed by atoms with Crippen molar-refractivity contribution in [2.45, 2.75) is 45.3 Å². The summed E-state index contributed by atoms with van der Waals surface area (Å²) in [6.07, 6.45) is 2.67. The molecule has 1 aliphatic heterocycles. The number of carbonyl (C=O) groups is 1. The highest BCUT2D eigenvalue weighted by Crippen LogP contribution is 2.25. The summed E-state index contributed by atoms with van der Waals surface area (Å²) < 4.78 is 11.0. The Bertz CT molecular complexity index is 208. The molecule has 1 aliphatic rings. The second-order valence-corrected chi connectivity index (χ2v) is 4.22. The number of carbonyl (C=O) groups excluding carboxylic acids is 1. The molecule has 1 heterocycles. The minimum atomic E-state index is -0.426. The van der Waals surface area contributed by atoms with Gasteiger partial charge in [-0.15, -0.1) is 0 Å². The maximum atomic E-state index is 11.0. The fourth-order valence-electron chi connectivity index (χ4n) is 1.85. The highest BCUT2D eigenvalue weighted by Gasteiger charge is 2.35. The topological polar surface area (TPSA) is 61.5 Å². The third-order valence-corrected chi connectivity index (χ3v) is 2.72. The Morgan fingerprint density at radius 1 is 1.60 bits per heavy atom. The van der Waals surface area contributed by atoms with Gasteiger partial charge in [0, 0.05) is 6.61 Å². The number of unbranched alkanes of at least 4 members (excludes halogenated alkanes) is 1. The summed E-state index contributed by atoms with van der Waals surface area (Å²) in [7, 11) is 0. The van der Waals surface area contributed by atoms with Crippen LogP contribution in [0.15, 0.2) is 0 Å². The molecular weight excluding hydrogens is 194 g/mol. The maximum absolute atomic E-state index is 11.0. The summed E-state index contributed by atoms with van der Waals surface area (Å²) in [4.78, 5) is 11.0. The van der Waals surface area contributed by atoms with Crippen molar-refractivity contribution in [3.8, 4) is 0 Å². The smallest absolute Gasteiger partial charge is 0.246 e. The summed E-state index contributed by atoms with van der Waals surface area (Å²) >= 11 is 0. The maximum Gasteiger partial charge on any atom is 0.246 e. The average Bonchev–Trinajstić information content (AvgIpc) is 2.55. The monoisotopic (exact) mass is 215 g/mol. The molecule has 0 aromatic heterocycles. The lowest BCUT2D eigenvalue weighted by molar-refractivity contribution is -0.131. The average molecular weight is 215 g/mol. The molecule has 4 nitrogen and oxygen atoms in total. The van der Waals surface area contributed by atoms with Crippen molar-refractivity contribution in [1.29, 1.82) is 0 Å². The molecule has 15 heavy (non-hydrogen) atoms. The van der Waals surface area contributed by atoms with Crippen LogP contribution in [0.2, 0.25) is 0 Å². The first-order valence-corrected chi connectivity index (χ1v) is 5.67. The molecule has 0 bridgehead atoms. The summed E-state index contributed by atoms with van der Waals surface area (Å²) in [5.41, 5.74) is 5.22. The molecule has 0 aliphatic carbocycles. The van der Waals surface area contributed by atoms with Crippen LogP contribution in [0.3, 0.4) is 0 Å². The van der Waals surface area contributed by atoms with E-state index in [2.05, 4.69) is 6.92 Å². The van der Waals surface area contributed by atoms with Gasteiger partial charge >= 0.3 is 0 Å². The Kier molecular flexibility index (Phi) is 5.05. The second-order valence-electron chi connectivity index (χ2n) is 4.22. The van der Waals surface area contributed by atoms with Crippen LogP contribution < -0.4 is 5.73 Å². The van der Waals surface area contributed by atoms with Crippen molar-refractivity contribution < 1.29 is 14.3 Å². The Morgan fingerprint density at radius 2 is 2.33 bits per heavy atom. The Morgan fingerprint density at radius 3 is 2.87 bits per heavy atom. The predicted molar refractivity (Wildman–Crippen MR) is 57.4 cm³/mol. The predicted octanol–water partition coefficient (Wildman–Crippen LogP) is 1.08. The SMILES string of the molecule is CCCCOC[C@@H]1C[C@H](C)[C@H](C(N)=O)O1. The van der Waals surface area contributed by atoms with E-state index in [0.29, 0.717) is 6.61 Å². The van der Waals surface area contributed by atoms with E-state index >= 15 is 0 Å². The Labute approximate surface area is 91.1 Å². The van der Waals surface area contributed by atoms with Gasteiger partial charge in [-0.1, -0.05) is 20.3 Å². The van der Waals surface area contributed by atoms with Crippen molar-refractivity contribution in [1.82, 2.24) is 0 Å². The molecule has 4 heteroatoms. The molecule has 1 saturated heterocycles. The molecule has 0 aromatic rings. The van der Waals surface area contributed by atoms with E-state index in [4.69, 9.17) is 15.2 Å². The molecule has 3 atom stereocenters. The van der Waals surface area contributed by atoms with Crippen LogP contribution in [0.1, 0.15) is 33.1 Å². The van der Waals surface area contributed by atoms with Crippen LogP contribution in [-0.4, -0.2) is 31.3 Å². The van der Waals surface area contributed by atoms with Gasteiger partial charge in [0.1, 0.15) is 6.10 Å². The van der Waals surface area contributed by atoms with Crippen molar-refractivity contribution in [2.24, 2.45) is 11.7 Å². The van der Waals surface area contributed by atoms with Gasteiger partial charge in [0.15, 0.2) is 0 Å². The molecule has 0 unspecified atom stereocenters. The van der Waals surface area contributed by atoms with E-state index in [9.17, 15) is 4.79 Å². The first-order chi connectivity index (χ1) is 7.15. The van der Waals surface area contributed by atoms with Crippen LogP contribution in [-0.2, 0) is 14.3 Å². The van der Waals surface area contributed by atoms with Crippen molar-refractivity contribution in [2.75, 3.05) is 13.2 Å². The minimum absolute atomic E-state index is 0.0364. The number of primary amides is 1. The molecule has 1 rings (SSSR count). The minimum Gasteiger partial charge on any atom is -0.379 e.